The summed E-state index contributed by atoms with van der Waals surface area (Å²) in [6.45, 7) is 5.15. The number of rotatable bonds is 5. The summed E-state index contributed by atoms with van der Waals surface area (Å²) in [6.07, 6.45) is 4.14. The molecule has 4 nitrogen and oxygen atoms in total. The van der Waals surface area contributed by atoms with E-state index in [4.69, 9.17) is 10.2 Å². The van der Waals surface area contributed by atoms with Gasteiger partial charge < -0.3 is 10.2 Å². The van der Waals surface area contributed by atoms with Crippen molar-refractivity contribution in [1.29, 1.82) is 0 Å². The largest absolute Gasteiger partial charge is 0.478 e. The van der Waals surface area contributed by atoms with Gasteiger partial charge in [0.25, 0.3) is 0 Å². The maximum Gasteiger partial charge on any atom is 0.335 e. The highest BCUT2D eigenvalue weighted by molar-refractivity contribution is 5.96. The molecule has 0 saturated carbocycles. The zero-order chi connectivity index (χ0) is 17.2. The van der Waals surface area contributed by atoms with Gasteiger partial charge in [0.2, 0.25) is 0 Å². The van der Waals surface area contributed by atoms with Crippen molar-refractivity contribution in [3.63, 3.8) is 0 Å². The molecule has 0 aromatic heterocycles. The first-order chi connectivity index (χ1) is 11.0. The molecule has 120 valence electrons. The minimum absolute atomic E-state index is 0.0277. The standard InChI is InChI=1S/C10H12.C9H8O4/c1-2-3-7-10-8-5-4-6-9-10;1-5-6(8(10)11)3-2-4-7(5)9(12)13/h2,4-6,8-9H,1,3,7H2;2-4H,1H3,(H,10,11)(H,12,13). The van der Waals surface area contributed by atoms with E-state index in [0.717, 1.165) is 12.8 Å². The number of aromatic carboxylic acids is 2. The molecular formula is C19H20O4. The van der Waals surface area contributed by atoms with Gasteiger partial charge in [0, 0.05) is 0 Å². The molecule has 0 fully saturated rings. The maximum absolute atomic E-state index is 10.6. The van der Waals surface area contributed by atoms with E-state index in [0.29, 0.717) is 0 Å². The van der Waals surface area contributed by atoms with Gasteiger partial charge in [0.05, 0.1) is 11.1 Å². The topological polar surface area (TPSA) is 74.6 Å². The summed E-state index contributed by atoms with van der Waals surface area (Å²) in [5, 5.41) is 17.4. The molecule has 2 N–H and O–H groups in total. The van der Waals surface area contributed by atoms with Crippen LogP contribution in [0, 0.1) is 6.92 Å². The highest BCUT2D eigenvalue weighted by Gasteiger charge is 2.13. The molecule has 2 aromatic rings. The number of hydrogen-bond donors (Lipinski definition) is 2. The number of hydrogen-bond acceptors (Lipinski definition) is 2. The van der Waals surface area contributed by atoms with Crippen molar-refractivity contribution < 1.29 is 19.8 Å². The number of carbonyl (C=O) groups is 2. The fraction of sp³-hybridized carbons (Fsp3) is 0.158. The summed E-state index contributed by atoms with van der Waals surface area (Å²) in [6, 6.07) is 14.6. The lowest BCUT2D eigenvalue weighted by atomic mass is 10.0. The molecule has 0 aliphatic rings. The third kappa shape index (κ3) is 5.79. The molecule has 2 rings (SSSR count). The van der Waals surface area contributed by atoms with Crippen LogP contribution in [0.15, 0.2) is 61.2 Å². The van der Waals surface area contributed by atoms with Gasteiger partial charge >= 0.3 is 11.9 Å². The van der Waals surface area contributed by atoms with Gasteiger partial charge in [-0.05, 0) is 43.0 Å². The Hall–Kier alpha value is -2.88. The Morgan fingerprint density at radius 3 is 1.91 bits per heavy atom. The first-order valence-corrected chi connectivity index (χ1v) is 7.18. The third-order valence-electron chi connectivity index (χ3n) is 3.27. The molecule has 0 unspecified atom stereocenters. The monoisotopic (exact) mass is 312 g/mol. The van der Waals surface area contributed by atoms with E-state index in [1.54, 1.807) is 0 Å². The van der Waals surface area contributed by atoms with Gasteiger partial charge in [-0.2, -0.15) is 0 Å². The van der Waals surface area contributed by atoms with E-state index in [1.165, 1.54) is 30.7 Å². The van der Waals surface area contributed by atoms with Crippen molar-refractivity contribution in [2.45, 2.75) is 19.8 Å². The molecule has 2 aromatic carbocycles. The molecule has 0 saturated heterocycles. The zero-order valence-electron chi connectivity index (χ0n) is 13.0. The summed E-state index contributed by atoms with van der Waals surface area (Å²) in [4.78, 5) is 21.2. The lowest BCUT2D eigenvalue weighted by molar-refractivity contribution is 0.0696. The van der Waals surface area contributed by atoms with E-state index in [2.05, 4.69) is 30.8 Å². The van der Waals surface area contributed by atoms with Crippen LogP contribution in [0.25, 0.3) is 0 Å². The minimum atomic E-state index is -1.11. The Labute approximate surface area is 135 Å². The zero-order valence-corrected chi connectivity index (χ0v) is 13.0. The van der Waals surface area contributed by atoms with Crippen molar-refractivity contribution >= 4 is 11.9 Å². The van der Waals surface area contributed by atoms with Crippen LogP contribution in [-0.4, -0.2) is 22.2 Å². The summed E-state index contributed by atoms with van der Waals surface area (Å²) in [7, 11) is 0. The van der Waals surface area contributed by atoms with E-state index in [9.17, 15) is 9.59 Å². The summed E-state index contributed by atoms with van der Waals surface area (Å²) < 4.78 is 0. The molecule has 0 amide bonds. The van der Waals surface area contributed by atoms with E-state index in [1.807, 2.05) is 12.1 Å². The highest BCUT2D eigenvalue weighted by atomic mass is 16.4. The fourth-order valence-corrected chi connectivity index (χ4v) is 2.01. The van der Waals surface area contributed by atoms with Crippen LogP contribution in [0.2, 0.25) is 0 Å². The Balaban J connectivity index is 0.000000238. The van der Waals surface area contributed by atoms with Crippen LogP contribution in [0.1, 0.15) is 38.3 Å². The molecular weight excluding hydrogens is 292 g/mol. The Morgan fingerprint density at radius 1 is 0.957 bits per heavy atom. The van der Waals surface area contributed by atoms with E-state index in [-0.39, 0.29) is 16.7 Å². The maximum atomic E-state index is 10.6. The van der Waals surface area contributed by atoms with E-state index < -0.39 is 11.9 Å². The van der Waals surface area contributed by atoms with Gasteiger partial charge in [-0.1, -0.05) is 42.5 Å². The van der Waals surface area contributed by atoms with Crippen molar-refractivity contribution in [2.24, 2.45) is 0 Å². The minimum Gasteiger partial charge on any atom is -0.478 e. The molecule has 0 atom stereocenters. The molecule has 0 aliphatic carbocycles. The summed E-state index contributed by atoms with van der Waals surface area (Å²) in [5.74, 6) is -2.22. The van der Waals surface area contributed by atoms with Gasteiger partial charge in [0.15, 0.2) is 0 Å². The average Bonchev–Trinajstić information content (AvgIpc) is 2.54. The second-order valence-electron chi connectivity index (χ2n) is 4.90. The fourth-order valence-electron chi connectivity index (χ4n) is 2.01. The van der Waals surface area contributed by atoms with Crippen LogP contribution in [-0.2, 0) is 6.42 Å². The lowest BCUT2D eigenvalue weighted by Crippen LogP contribution is -2.06. The van der Waals surface area contributed by atoms with Gasteiger partial charge in [-0.15, -0.1) is 6.58 Å². The van der Waals surface area contributed by atoms with Gasteiger partial charge in [-0.3, -0.25) is 0 Å². The first-order valence-electron chi connectivity index (χ1n) is 7.18. The summed E-state index contributed by atoms with van der Waals surface area (Å²) in [5.41, 5.74) is 1.73. The van der Waals surface area contributed by atoms with E-state index >= 15 is 0 Å². The molecule has 0 heterocycles. The predicted octanol–water partition coefficient (Wildman–Crippen LogP) is 4.20. The predicted molar refractivity (Wildman–Crippen MR) is 90.1 cm³/mol. The Kier molecular flexibility index (Phi) is 7.27. The third-order valence-corrected chi connectivity index (χ3v) is 3.27. The summed E-state index contributed by atoms with van der Waals surface area (Å²) >= 11 is 0. The molecule has 0 spiro atoms. The first kappa shape index (κ1) is 18.2. The Morgan fingerprint density at radius 2 is 1.48 bits per heavy atom. The van der Waals surface area contributed by atoms with Crippen LogP contribution in [0.4, 0.5) is 0 Å². The number of allylic oxidation sites excluding steroid dienone is 1. The SMILES string of the molecule is C=CCCc1ccccc1.Cc1c(C(=O)O)cccc1C(=O)O. The quantitative estimate of drug-likeness (QED) is 0.812. The highest BCUT2D eigenvalue weighted by Crippen LogP contribution is 2.13. The van der Waals surface area contributed by atoms with Crippen molar-refractivity contribution in [2.75, 3.05) is 0 Å². The molecule has 0 bridgehead atoms. The number of benzene rings is 2. The number of aryl methyl sites for hydroxylation is 1. The second-order valence-corrected chi connectivity index (χ2v) is 4.90. The van der Waals surface area contributed by atoms with Crippen LogP contribution in [0.3, 0.4) is 0 Å². The van der Waals surface area contributed by atoms with Crippen molar-refractivity contribution in [1.82, 2.24) is 0 Å². The number of carboxylic acids is 2. The van der Waals surface area contributed by atoms with Crippen molar-refractivity contribution in [3.05, 3.63) is 83.4 Å². The second kappa shape index (κ2) is 9.20. The van der Waals surface area contributed by atoms with Gasteiger partial charge in [0.1, 0.15) is 0 Å². The number of carboxylic acid groups (broad SMARTS) is 2. The van der Waals surface area contributed by atoms with Crippen molar-refractivity contribution in [3.8, 4) is 0 Å². The molecule has 23 heavy (non-hydrogen) atoms. The molecule has 4 heteroatoms. The van der Waals surface area contributed by atoms with Gasteiger partial charge in [-0.25, -0.2) is 9.59 Å². The van der Waals surface area contributed by atoms with Crippen LogP contribution < -0.4 is 0 Å². The van der Waals surface area contributed by atoms with Crippen LogP contribution in [0.5, 0.6) is 0 Å². The molecule has 0 aliphatic heterocycles. The Bertz CT molecular complexity index is 643. The van der Waals surface area contributed by atoms with Crippen LogP contribution >= 0.6 is 0 Å². The normalized spacial score (nSPS) is 9.43. The lowest BCUT2D eigenvalue weighted by Gasteiger charge is -2.03. The average molecular weight is 312 g/mol. The molecule has 0 radical (unpaired) electrons. The smallest absolute Gasteiger partial charge is 0.335 e.